The topological polar surface area (TPSA) is 64.8 Å². The van der Waals surface area contributed by atoms with Crippen LogP contribution < -0.4 is 15.2 Å². The van der Waals surface area contributed by atoms with Gasteiger partial charge in [-0.25, -0.2) is 8.78 Å². The van der Waals surface area contributed by atoms with Crippen molar-refractivity contribution < 1.29 is 23.0 Å². The molecule has 208 valence electrons. The molecule has 4 rings (SSSR count). The van der Waals surface area contributed by atoms with Gasteiger partial charge in [0.25, 0.3) is 0 Å². The molecule has 0 unspecified atom stereocenters. The molecule has 0 saturated carbocycles. The highest BCUT2D eigenvalue weighted by Crippen LogP contribution is 2.29. The molecular weight excluding hydrogens is 510 g/mol. The average Bonchev–Trinajstić information content (AvgIpc) is 2.97. The van der Waals surface area contributed by atoms with Crippen LogP contribution in [0.25, 0.3) is 0 Å². The highest BCUT2D eigenvalue weighted by atomic mass is 19.2. The molecule has 5 nitrogen and oxygen atoms in total. The lowest BCUT2D eigenvalue weighted by atomic mass is 9.90. The van der Waals surface area contributed by atoms with E-state index in [1.165, 1.54) is 6.07 Å². The lowest BCUT2D eigenvalue weighted by Crippen LogP contribution is -2.31. The van der Waals surface area contributed by atoms with E-state index < -0.39 is 17.5 Å². The van der Waals surface area contributed by atoms with Crippen LogP contribution in [0.1, 0.15) is 34.6 Å². The van der Waals surface area contributed by atoms with Crippen LogP contribution >= 0.6 is 0 Å². The SMILES string of the molecule is COc1cc(CC(N)=O)ccc1OCCCN(Cc1cccc(F)c1F)CC(c1ccccc1)c1ccccc1. The molecule has 0 atom stereocenters. The summed E-state index contributed by atoms with van der Waals surface area (Å²) in [6.45, 7) is 1.84. The summed E-state index contributed by atoms with van der Waals surface area (Å²) < 4.78 is 40.2. The second-order valence-corrected chi connectivity index (χ2v) is 9.65. The third-order valence-electron chi connectivity index (χ3n) is 6.75. The Bertz CT molecular complexity index is 1340. The Balaban J connectivity index is 1.50. The number of nitrogens with zero attached hydrogens (tertiary/aromatic N) is 1. The van der Waals surface area contributed by atoms with Crippen molar-refractivity contribution in [2.45, 2.75) is 25.3 Å². The number of nitrogens with two attached hydrogens (primary N) is 1. The quantitative estimate of drug-likeness (QED) is 0.195. The number of methoxy groups -OCH3 is 1. The molecule has 0 heterocycles. The minimum Gasteiger partial charge on any atom is -0.493 e. The van der Waals surface area contributed by atoms with Gasteiger partial charge in [0.2, 0.25) is 5.91 Å². The monoisotopic (exact) mass is 544 g/mol. The number of halogens is 2. The summed E-state index contributed by atoms with van der Waals surface area (Å²) >= 11 is 0. The normalized spacial score (nSPS) is 11.1. The number of hydrogen-bond acceptors (Lipinski definition) is 4. The van der Waals surface area contributed by atoms with Crippen LogP contribution in [0.5, 0.6) is 11.5 Å². The van der Waals surface area contributed by atoms with Gasteiger partial charge in [-0.1, -0.05) is 78.9 Å². The first-order valence-corrected chi connectivity index (χ1v) is 13.3. The fourth-order valence-corrected chi connectivity index (χ4v) is 4.79. The summed E-state index contributed by atoms with van der Waals surface area (Å²) in [6, 6.07) is 30.0. The zero-order chi connectivity index (χ0) is 28.3. The number of ether oxygens (including phenoxy) is 2. The maximum atomic E-state index is 14.7. The summed E-state index contributed by atoms with van der Waals surface area (Å²) in [4.78, 5) is 13.4. The van der Waals surface area contributed by atoms with E-state index in [1.54, 1.807) is 31.4 Å². The predicted molar refractivity (Wildman–Crippen MR) is 152 cm³/mol. The van der Waals surface area contributed by atoms with Gasteiger partial charge < -0.3 is 15.2 Å². The summed E-state index contributed by atoms with van der Waals surface area (Å²) in [5.41, 5.74) is 8.66. The second-order valence-electron chi connectivity index (χ2n) is 9.65. The van der Waals surface area contributed by atoms with E-state index in [9.17, 15) is 13.6 Å². The molecule has 0 aliphatic heterocycles. The Morgan fingerprint density at radius 3 is 2.17 bits per heavy atom. The van der Waals surface area contributed by atoms with Crippen LogP contribution in [0.3, 0.4) is 0 Å². The molecule has 0 fully saturated rings. The minimum atomic E-state index is -0.852. The van der Waals surface area contributed by atoms with E-state index in [0.717, 1.165) is 22.8 Å². The van der Waals surface area contributed by atoms with Crippen molar-refractivity contribution in [2.24, 2.45) is 5.73 Å². The highest BCUT2D eigenvalue weighted by Gasteiger charge is 2.20. The number of primary amides is 1. The minimum absolute atomic E-state index is 0.0397. The molecule has 0 aliphatic carbocycles. The molecule has 0 aromatic heterocycles. The fourth-order valence-electron chi connectivity index (χ4n) is 4.79. The predicted octanol–water partition coefficient (Wildman–Crippen LogP) is 6.10. The van der Waals surface area contributed by atoms with E-state index in [4.69, 9.17) is 15.2 Å². The lowest BCUT2D eigenvalue weighted by molar-refractivity contribution is -0.117. The van der Waals surface area contributed by atoms with Gasteiger partial charge in [0.05, 0.1) is 20.1 Å². The number of rotatable bonds is 14. The molecule has 4 aromatic carbocycles. The molecule has 1 amide bonds. The van der Waals surface area contributed by atoms with Gasteiger partial charge in [0.15, 0.2) is 23.1 Å². The standard InChI is InChI=1S/C33H34F2N2O3/c1-39-31-20-24(21-32(36)38)16-17-30(31)40-19-9-18-37(22-27-14-8-15-29(34)33(27)35)23-28(25-10-4-2-5-11-25)26-12-6-3-7-13-26/h2-8,10-17,20,28H,9,18-19,21-23H2,1H3,(H2,36,38). The van der Waals surface area contributed by atoms with Crippen molar-refractivity contribution in [1.82, 2.24) is 4.90 Å². The Morgan fingerprint density at radius 1 is 0.875 bits per heavy atom. The first-order chi connectivity index (χ1) is 19.4. The molecule has 0 saturated heterocycles. The Kier molecular flexibility index (Phi) is 10.2. The first-order valence-electron chi connectivity index (χ1n) is 13.3. The number of carbonyl (C=O) groups excluding carboxylic acids is 1. The number of carbonyl (C=O) groups is 1. The van der Waals surface area contributed by atoms with Crippen molar-refractivity contribution in [3.63, 3.8) is 0 Å². The second kappa shape index (κ2) is 14.2. The fraction of sp³-hybridized carbons (Fsp3) is 0.242. The Labute approximate surface area is 234 Å². The van der Waals surface area contributed by atoms with Crippen molar-refractivity contribution in [3.8, 4) is 11.5 Å². The van der Waals surface area contributed by atoms with Crippen molar-refractivity contribution >= 4 is 5.91 Å². The zero-order valence-corrected chi connectivity index (χ0v) is 22.6. The van der Waals surface area contributed by atoms with Gasteiger partial charge in [-0.2, -0.15) is 0 Å². The maximum absolute atomic E-state index is 14.7. The van der Waals surface area contributed by atoms with E-state index in [2.05, 4.69) is 29.2 Å². The molecule has 0 aliphatic rings. The summed E-state index contributed by atoms with van der Waals surface area (Å²) in [6.07, 6.45) is 0.756. The van der Waals surface area contributed by atoms with E-state index >= 15 is 0 Å². The Morgan fingerprint density at radius 2 is 1.55 bits per heavy atom. The van der Waals surface area contributed by atoms with E-state index in [-0.39, 0.29) is 18.9 Å². The molecule has 7 heteroatoms. The molecular formula is C33H34F2N2O3. The van der Waals surface area contributed by atoms with Gasteiger partial charge in [0, 0.05) is 31.1 Å². The van der Waals surface area contributed by atoms with Gasteiger partial charge in [0.1, 0.15) is 0 Å². The highest BCUT2D eigenvalue weighted by molar-refractivity contribution is 5.76. The molecule has 40 heavy (non-hydrogen) atoms. The molecule has 0 radical (unpaired) electrons. The first kappa shape index (κ1) is 28.8. The zero-order valence-electron chi connectivity index (χ0n) is 22.6. The maximum Gasteiger partial charge on any atom is 0.221 e. The molecule has 0 bridgehead atoms. The number of benzene rings is 4. The van der Waals surface area contributed by atoms with Crippen LogP contribution in [0.15, 0.2) is 97.1 Å². The number of hydrogen-bond donors (Lipinski definition) is 1. The van der Waals surface area contributed by atoms with Gasteiger partial charge in [-0.05, 0) is 41.3 Å². The van der Waals surface area contributed by atoms with Crippen molar-refractivity contribution in [2.75, 3.05) is 26.8 Å². The molecule has 4 aromatic rings. The van der Waals surface area contributed by atoms with Gasteiger partial charge in [-0.3, -0.25) is 9.69 Å². The molecule has 2 N–H and O–H groups in total. The Hall–Kier alpha value is -4.23. The average molecular weight is 545 g/mol. The van der Waals surface area contributed by atoms with Crippen molar-refractivity contribution in [3.05, 3.63) is 131 Å². The number of amides is 1. The third kappa shape index (κ3) is 7.90. The molecule has 0 spiro atoms. The van der Waals surface area contributed by atoms with Gasteiger partial charge >= 0.3 is 0 Å². The van der Waals surface area contributed by atoms with Crippen LogP contribution in [-0.4, -0.2) is 37.6 Å². The van der Waals surface area contributed by atoms with E-state index in [0.29, 0.717) is 43.2 Å². The van der Waals surface area contributed by atoms with Crippen molar-refractivity contribution in [1.29, 1.82) is 0 Å². The van der Waals surface area contributed by atoms with Gasteiger partial charge in [-0.15, -0.1) is 0 Å². The largest absolute Gasteiger partial charge is 0.493 e. The van der Waals surface area contributed by atoms with Crippen LogP contribution in [0, 0.1) is 11.6 Å². The summed E-state index contributed by atoms with van der Waals surface area (Å²) in [5.74, 6) is -0.973. The summed E-state index contributed by atoms with van der Waals surface area (Å²) in [7, 11) is 1.54. The van der Waals surface area contributed by atoms with Crippen LogP contribution in [-0.2, 0) is 17.8 Å². The smallest absolute Gasteiger partial charge is 0.221 e. The third-order valence-corrected chi connectivity index (χ3v) is 6.75. The lowest BCUT2D eigenvalue weighted by Gasteiger charge is -2.29. The van der Waals surface area contributed by atoms with Crippen LogP contribution in [0.4, 0.5) is 8.78 Å². The van der Waals surface area contributed by atoms with E-state index in [1.807, 2.05) is 36.4 Å². The van der Waals surface area contributed by atoms with Crippen LogP contribution in [0.2, 0.25) is 0 Å². The summed E-state index contributed by atoms with van der Waals surface area (Å²) in [5, 5.41) is 0.